The molecule has 2 aromatic heterocycles. The molecule has 9 nitrogen and oxygen atoms in total. The SMILES string of the molecule is CCNC(=O)c1cnc(Cl)c(Cl)c1.CCNC(=O)c1cnc(N2C[C@H](CC)N(B(C)O)C[C@H]2C)c(Cl)c1. The number of carbonyl (C=O) groups excluding carboxylic acids is 2. The Morgan fingerprint density at radius 3 is 2.00 bits per heavy atom. The van der Waals surface area contributed by atoms with Gasteiger partial charge in [-0.25, -0.2) is 9.97 Å². The fourth-order valence-corrected chi connectivity index (χ4v) is 4.56. The van der Waals surface area contributed by atoms with E-state index in [1.54, 1.807) is 19.1 Å². The number of aromatic nitrogens is 2. The Kier molecular flexibility index (Phi) is 12.4. The first kappa shape index (κ1) is 31.1. The lowest BCUT2D eigenvalue weighted by atomic mass is 9.80. The van der Waals surface area contributed by atoms with E-state index in [-0.39, 0.29) is 34.1 Å². The average Bonchev–Trinajstić information content (AvgIpc) is 2.86. The predicted octanol–water partition coefficient (Wildman–Crippen LogP) is 4.02. The summed E-state index contributed by atoms with van der Waals surface area (Å²) in [5.41, 5.74) is 0.879. The van der Waals surface area contributed by atoms with Gasteiger partial charge >= 0.3 is 7.05 Å². The molecule has 13 heteroatoms. The highest BCUT2D eigenvalue weighted by atomic mass is 35.5. The Labute approximate surface area is 234 Å². The van der Waals surface area contributed by atoms with Crippen LogP contribution >= 0.6 is 34.8 Å². The average molecular weight is 572 g/mol. The lowest BCUT2D eigenvalue weighted by Gasteiger charge is -2.46. The third-order valence-corrected chi connectivity index (χ3v) is 6.89. The fraction of sp³-hybridized carbons (Fsp3) is 0.500. The minimum atomic E-state index is -0.469. The van der Waals surface area contributed by atoms with Crippen LogP contribution in [0.5, 0.6) is 0 Å². The number of hydrogen-bond donors (Lipinski definition) is 3. The quantitative estimate of drug-likeness (QED) is 0.340. The van der Waals surface area contributed by atoms with Gasteiger partial charge in [-0.3, -0.25) is 9.59 Å². The number of nitrogens with zero attached hydrogens (tertiary/aromatic N) is 4. The van der Waals surface area contributed by atoms with Crippen molar-refractivity contribution in [2.45, 2.75) is 53.0 Å². The number of carbonyl (C=O) groups is 2. The van der Waals surface area contributed by atoms with E-state index in [4.69, 9.17) is 34.8 Å². The molecule has 1 aliphatic rings. The molecule has 0 spiro atoms. The van der Waals surface area contributed by atoms with Gasteiger partial charge in [-0.15, -0.1) is 0 Å². The third kappa shape index (κ3) is 8.45. The van der Waals surface area contributed by atoms with Crippen LogP contribution in [0.4, 0.5) is 5.82 Å². The van der Waals surface area contributed by atoms with E-state index in [2.05, 4.69) is 44.2 Å². The van der Waals surface area contributed by atoms with Gasteiger partial charge in [0.2, 0.25) is 0 Å². The summed E-state index contributed by atoms with van der Waals surface area (Å²) in [5, 5.41) is 16.3. The Morgan fingerprint density at radius 2 is 1.54 bits per heavy atom. The maximum absolute atomic E-state index is 11.9. The summed E-state index contributed by atoms with van der Waals surface area (Å²) in [6, 6.07) is 3.57. The van der Waals surface area contributed by atoms with Crippen LogP contribution in [0.1, 0.15) is 54.8 Å². The van der Waals surface area contributed by atoms with Crippen molar-refractivity contribution in [3.05, 3.63) is 50.9 Å². The maximum atomic E-state index is 11.9. The highest BCUT2D eigenvalue weighted by molar-refractivity contribution is 6.45. The van der Waals surface area contributed by atoms with E-state index < -0.39 is 7.05 Å². The number of piperazine rings is 1. The van der Waals surface area contributed by atoms with Gasteiger partial charge in [-0.05, 0) is 46.1 Å². The summed E-state index contributed by atoms with van der Waals surface area (Å²) in [7, 11) is -0.469. The molecule has 1 saturated heterocycles. The van der Waals surface area contributed by atoms with Crippen LogP contribution in [0.3, 0.4) is 0 Å². The summed E-state index contributed by atoms with van der Waals surface area (Å²) in [5.74, 6) is 0.325. The van der Waals surface area contributed by atoms with Gasteiger partial charge in [0.05, 0.1) is 21.2 Å². The van der Waals surface area contributed by atoms with E-state index in [1.165, 1.54) is 12.3 Å². The summed E-state index contributed by atoms with van der Waals surface area (Å²) >= 11 is 17.7. The molecule has 0 saturated carbocycles. The molecule has 0 aromatic carbocycles. The van der Waals surface area contributed by atoms with Gasteiger partial charge in [0.1, 0.15) is 11.0 Å². The van der Waals surface area contributed by atoms with Crippen LogP contribution in [0.2, 0.25) is 22.0 Å². The molecule has 1 fully saturated rings. The number of rotatable bonds is 7. The molecule has 3 rings (SSSR count). The molecule has 2 amide bonds. The molecule has 0 radical (unpaired) electrons. The highest BCUT2D eigenvalue weighted by Gasteiger charge is 2.35. The first-order valence-corrected chi connectivity index (χ1v) is 13.4. The molecular weight excluding hydrogens is 537 g/mol. The Hall–Kier alpha value is -2.11. The van der Waals surface area contributed by atoms with Crippen LogP contribution in [0.25, 0.3) is 0 Å². The minimum absolute atomic E-state index is 0.169. The molecule has 2 atom stereocenters. The number of halogens is 3. The van der Waals surface area contributed by atoms with Crippen molar-refractivity contribution in [3.8, 4) is 0 Å². The number of amides is 2. The monoisotopic (exact) mass is 570 g/mol. The van der Waals surface area contributed by atoms with E-state index in [0.29, 0.717) is 35.1 Å². The first-order chi connectivity index (χ1) is 17.5. The van der Waals surface area contributed by atoms with Crippen molar-refractivity contribution in [1.82, 2.24) is 25.4 Å². The molecule has 2 aromatic rings. The molecule has 3 N–H and O–H groups in total. The van der Waals surface area contributed by atoms with Gasteiger partial charge in [-0.1, -0.05) is 41.7 Å². The first-order valence-electron chi connectivity index (χ1n) is 12.3. The number of hydrogen-bond acceptors (Lipinski definition) is 7. The van der Waals surface area contributed by atoms with Crippen molar-refractivity contribution in [2.75, 3.05) is 31.1 Å². The molecule has 202 valence electrons. The molecule has 3 heterocycles. The predicted molar refractivity (Wildman–Crippen MR) is 151 cm³/mol. The van der Waals surface area contributed by atoms with Crippen molar-refractivity contribution >= 4 is 59.5 Å². The number of nitrogens with one attached hydrogen (secondary N) is 2. The van der Waals surface area contributed by atoms with Crippen molar-refractivity contribution in [2.24, 2.45) is 0 Å². The second-order valence-electron chi connectivity index (χ2n) is 8.64. The Morgan fingerprint density at radius 1 is 1.00 bits per heavy atom. The minimum Gasteiger partial charge on any atom is -0.437 e. The van der Waals surface area contributed by atoms with E-state index in [1.807, 2.05) is 13.8 Å². The van der Waals surface area contributed by atoms with Crippen molar-refractivity contribution in [3.63, 3.8) is 0 Å². The second-order valence-corrected chi connectivity index (χ2v) is 9.81. The molecule has 1 aliphatic heterocycles. The van der Waals surface area contributed by atoms with Crippen molar-refractivity contribution < 1.29 is 14.6 Å². The Bertz CT molecular complexity index is 1080. The Balaban J connectivity index is 0.000000312. The largest absolute Gasteiger partial charge is 0.437 e. The molecule has 0 bridgehead atoms. The van der Waals surface area contributed by atoms with Gasteiger partial charge in [0.25, 0.3) is 11.8 Å². The van der Waals surface area contributed by atoms with Gasteiger partial charge in [-0.2, -0.15) is 0 Å². The van der Waals surface area contributed by atoms with E-state index in [9.17, 15) is 14.6 Å². The smallest absolute Gasteiger partial charge is 0.376 e. The standard InChI is InChI=1S/C16H26BClN4O2.C8H8Cl2N2O/c1-5-13-10-21(11(3)9-22(13)17(4)24)15-14(18)7-12(8-20-15)16(23)19-6-2;1-2-11-8(13)5-3-6(9)7(10)12-4-5/h7-8,11,13,24H,5-6,9-10H2,1-4H3,(H,19,23);3-4H,2H2,1H3,(H,11,13)/t11-,13+;/m1./s1. The van der Waals surface area contributed by atoms with Gasteiger partial charge in [0, 0.05) is 50.7 Å². The van der Waals surface area contributed by atoms with Crippen molar-refractivity contribution in [1.29, 1.82) is 0 Å². The fourth-order valence-electron chi connectivity index (χ4n) is 4.02. The summed E-state index contributed by atoms with van der Waals surface area (Å²) in [6.07, 6.45) is 3.89. The third-order valence-electron chi connectivity index (χ3n) is 5.92. The number of pyridine rings is 2. The summed E-state index contributed by atoms with van der Waals surface area (Å²) in [6.45, 7) is 12.3. The summed E-state index contributed by atoms with van der Waals surface area (Å²) < 4.78 is 0. The molecule has 0 aliphatic carbocycles. The van der Waals surface area contributed by atoms with E-state index >= 15 is 0 Å². The highest BCUT2D eigenvalue weighted by Crippen LogP contribution is 2.30. The van der Waals surface area contributed by atoms with Gasteiger partial charge < -0.3 is 25.4 Å². The topological polar surface area (TPSA) is 111 Å². The van der Waals surface area contributed by atoms with Crippen LogP contribution in [-0.2, 0) is 0 Å². The number of anilines is 1. The summed E-state index contributed by atoms with van der Waals surface area (Å²) in [4.78, 5) is 35.6. The van der Waals surface area contributed by atoms with Gasteiger partial charge in [0.15, 0.2) is 0 Å². The van der Waals surface area contributed by atoms with Crippen LogP contribution in [0.15, 0.2) is 24.5 Å². The lowest BCUT2D eigenvalue weighted by Crippen LogP contribution is -2.61. The molecule has 37 heavy (non-hydrogen) atoms. The van der Waals surface area contributed by atoms with Crippen LogP contribution in [0, 0.1) is 0 Å². The van der Waals surface area contributed by atoms with Crippen LogP contribution < -0.4 is 15.5 Å². The maximum Gasteiger partial charge on any atom is 0.376 e. The van der Waals surface area contributed by atoms with Crippen LogP contribution in [-0.4, -0.2) is 76.9 Å². The normalized spacial score (nSPS) is 17.5. The van der Waals surface area contributed by atoms with E-state index in [0.717, 1.165) is 19.5 Å². The molecule has 0 unspecified atom stereocenters. The molecular formula is C24H34BCl3N6O3. The zero-order valence-corrected chi connectivity index (χ0v) is 24.0. The lowest BCUT2D eigenvalue weighted by molar-refractivity contribution is 0.0947. The zero-order valence-electron chi connectivity index (χ0n) is 21.8. The second kappa shape index (κ2) is 14.7. The zero-order chi connectivity index (χ0) is 27.7.